The van der Waals surface area contributed by atoms with Gasteiger partial charge in [0, 0.05) is 6.42 Å². The SMILES string of the molecule is CC(C)SCc1noc(CC2(C(=O)O)CCCCCC2)n1. The third kappa shape index (κ3) is 4.46. The Morgan fingerprint density at radius 3 is 2.57 bits per heavy atom. The summed E-state index contributed by atoms with van der Waals surface area (Å²) >= 11 is 1.75. The summed E-state index contributed by atoms with van der Waals surface area (Å²) in [6, 6.07) is 0. The van der Waals surface area contributed by atoms with Crippen LogP contribution in [0.1, 0.15) is 64.1 Å². The molecule has 2 rings (SSSR count). The van der Waals surface area contributed by atoms with Crippen molar-refractivity contribution in [2.45, 2.75) is 69.8 Å². The van der Waals surface area contributed by atoms with Crippen molar-refractivity contribution < 1.29 is 14.4 Å². The molecule has 1 N–H and O–H groups in total. The molecule has 0 atom stereocenters. The topological polar surface area (TPSA) is 76.2 Å². The van der Waals surface area contributed by atoms with E-state index in [-0.39, 0.29) is 0 Å². The Balaban J connectivity index is 2.05. The van der Waals surface area contributed by atoms with Gasteiger partial charge in [0.2, 0.25) is 5.89 Å². The molecule has 0 saturated heterocycles. The number of carboxylic acids is 1. The van der Waals surface area contributed by atoms with E-state index >= 15 is 0 Å². The first-order chi connectivity index (χ1) is 10.0. The van der Waals surface area contributed by atoms with E-state index in [0.717, 1.165) is 25.7 Å². The third-order valence-corrected chi connectivity index (χ3v) is 5.15. The van der Waals surface area contributed by atoms with Gasteiger partial charge in [-0.25, -0.2) is 0 Å². The largest absolute Gasteiger partial charge is 0.481 e. The highest BCUT2D eigenvalue weighted by atomic mass is 32.2. The molecular weight excluding hydrogens is 288 g/mol. The van der Waals surface area contributed by atoms with Gasteiger partial charge in [-0.2, -0.15) is 16.7 Å². The van der Waals surface area contributed by atoms with Gasteiger partial charge in [0.1, 0.15) is 0 Å². The molecule has 0 aliphatic heterocycles. The highest BCUT2D eigenvalue weighted by molar-refractivity contribution is 7.99. The molecule has 1 aromatic rings. The van der Waals surface area contributed by atoms with E-state index in [1.807, 2.05) is 0 Å². The van der Waals surface area contributed by atoms with Crippen LogP contribution in [0, 0.1) is 5.41 Å². The summed E-state index contributed by atoms with van der Waals surface area (Å²) in [7, 11) is 0. The maximum atomic E-state index is 11.8. The zero-order valence-electron chi connectivity index (χ0n) is 12.8. The monoisotopic (exact) mass is 312 g/mol. The van der Waals surface area contributed by atoms with Crippen LogP contribution in [0.3, 0.4) is 0 Å². The Labute approximate surface area is 129 Å². The van der Waals surface area contributed by atoms with E-state index in [4.69, 9.17) is 4.52 Å². The van der Waals surface area contributed by atoms with Crippen LogP contribution in [-0.2, 0) is 17.0 Å². The molecule has 0 amide bonds. The number of hydrogen-bond acceptors (Lipinski definition) is 5. The van der Waals surface area contributed by atoms with Gasteiger partial charge in [-0.05, 0) is 18.1 Å². The molecule has 1 saturated carbocycles. The van der Waals surface area contributed by atoms with E-state index < -0.39 is 11.4 Å². The second kappa shape index (κ2) is 7.29. The molecule has 1 aromatic heterocycles. The number of carboxylic acid groups (broad SMARTS) is 1. The number of aliphatic carboxylic acids is 1. The quantitative estimate of drug-likeness (QED) is 0.807. The van der Waals surface area contributed by atoms with Crippen molar-refractivity contribution in [1.82, 2.24) is 10.1 Å². The summed E-state index contributed by atoms with van der Waals surface area (Å²) in [5.74, 6) is 1.12. The molecule has 6 heteroatoms. The van der Waals surface area contributed by atoms with E-state index in [2.05, 4.69) is 24.0 Å². The molecule has 1 aliphatic rings. The lowest BCUT2D eigenvalue weighted by Crippen LogP contribution is -2.33. The molecular formula is C15H24N2O3S. The van der Waals surface area contributed by atoms with E-state index in [1.54, 1.807) is 11.8 Å². The van der Waals surface area contributed by atoms with Crippen LogP contribution in [-0.4, -0.2) is 26.5 Å². The number of nitrogens with zero attached hydrogens (tertiary/aromatic N) is 2. The lowest BCUT2D eigenvalue weighted by molar-refractivity contribution is -0.150. The second-order valence-electron chi connectivity index (χ2n) is 6.14. The normalized spacial score (nSPS) is 18.6. The first kappa shape index (κ1) is 16.3. The van der Waals surface area contributed by atoms with Crippen LogP contribution < -0.4 is 0 Å². The third-order valence-electron chi connectivity index (χ3n) is 4.06. The smallest absolute Gasteiger partial charge is 0.310 e. The summed E-state index contributed by atoms with van der Waals surface area (Å²) in [5.41, 5.74) is -0.717. The zero-order chi connectivity index (χ0) is 15.3. The summed E-state index contributed by atoms with van der Waals surface area (Å²) in [5, 5.41) is 14.1. The summed E-state index contributed by atoms with van der Waals surface area (Å²) in [6.07, 6.45) is 5.96. The minimum absolute atomic E-state index is 0.363. The molecule has 1 aliphatic carbocycles. The molecule has 118 valence electrons. The highest BCUT2D eigenvalue weighted by Gasteiger charge is 2.40. The van der Waals surface area contributed by atoms with Gasteiger partial charge in [0.05, 0.1) is 11.2 Å². The first-order valence-corrected chi connectivity index (χ1v) is 8.73. The highest BCUT2D eigenvalue weighted by Crippen LogP contribution is 2.38. The fraction of sp³-hybridized carbons (Fsp3) is 0.800. The Kier molecular flexibility index (Phi) is 5.67. The van der Waals surface area contributed by atoms with Gasteiger partial charge in [-0.3, -0.25) is 4.79 Å². The second-order valence-corrected chi connectivity index (χ2v) is 7.71. The molecule has 0 aromatic carbocycles. The summed E-state index contributed by atoms with van der Waals surface area (Å²) < 4.78 is 5.28. The number of carbonyl (C=O) groups is 1. The van der Waals surface area contributed by atoms with Crippen molar-refractivity contribution in [3.05, 3.63) is 11.7 Å². The fourth-order valence-corrected chi connectivity index (χ4v) is 3.42. The van der Waals surface area contributed by atoms with Gasteiger partial charge in [0.15, 0.2) is 5.82 Å². The van der Waals surface area contributed by atoms with Crippen LogP contribution >= 0.6 is 11.8 Å². The molecule has 1 heterocycles. The van der Waals surface area contributed by atoms with Gasteiger partial charge in [-0.15, -0.1) is 0 Å². The maximum absolute atomic E-state index is 11.8. The molecule has 21 heavy (non-hydrogen) atoms. The predicted octanol–water partition coefficient (Wildman–Crippen LogP) is 3.68. The fourth-order valence-electron chi connectivity index (χ4n) is 2.82. The van der Waals surface area contributed by atoms with Crippen molar-refractivity contribution in [3.8, 4) is 0 Å². The zero-order valence-corrected chi connectivity index (χ0v) is 13.6. The molecule has 5 nitrogen and oxygen atoms in total. The summed E-state index contributed by atoms with van der Waals surface area (Å²) in [6.45, 7) is 4.24. The molecule has 0 spiro atoms. The van der Waals surface area contributed by atoms with Gasteiger partial charge in [0.25, 0.3) is 0 Å². The molecule has 0 bridgehead atoms. The number of hydrogen-bond donors (Lipinski definition) is 1. The van der Waals surface area contributed by atoms with E-state index in [1.165, 1.54) is 0 Å². The van der Waals surface area contributed by atoms with Crippen LogP contribution in [0.4, 0.5) is 0 Å². The molecule has 1 fully saturated rings. The number of thioether (sulfide) groups is 1. The Bertz CT molecular complexity index is 465. The summed E-state index contributed by atoms with van der Waals surface area (Å²) in [4.78, 5) is 16.1. The van der Waals surface area contributed by atoms with Crippen LogP contribution in [0.25, 0.3) is 0 Å². The first-order valence-electron chi connectivity index (χ1n) is 7.68. The average Bonchev–Trinajstić information content (AvgIpc) is 2.72. The molecule has 0 unspecified atom stereocenters. The standard InChI is InChI=1S/C15H24N2O3S/c1-11(2)21-10-12-16-13(20-17-12)9-15(14(18)19)7-5-3-4-6-8-15/h11H,3-10H2,1-2H3,(H,18,19). The van der Waals surface area contributed by atoms with Crippen molar-refractivity contribution in [2.24, 2.45) is 5.41 Å². The minimum atomic E-state index is -0.722. The van der Waals surface area contributed by atoms with Crippen LogP contribution in [0.15, 0.2) is 4.52 Å². The maximum Gasteiger partial charge on any atom is 0.310 e. The van der Waals surface area contributed by atoms with Crippen LogP contribution in [0.5, 0.6) is 0 Å². The lowest BCUT2D eigenvalue weighted by atomic mass is 9.77. The van der Waals surface area contributed by atoms with Crippen molar-refractivity contribution >= 4 is 17.7 Å². The number of aromatic nitrogens is 2. The van der Waals surface area contributed by atoms with Gasteiger partial charge in [-0.1, -0.05) is 44.7 Å². The minimum Gasteiger partial charge on any atom is -0.481 e. The van der Waals surface area contributed by atoms with E-state index in [0.29, 0.717) is 42.0 Å². The van der Waals surface area contributed by atoms with Gasteiger partial charge >= 0.3 is 5.97 Å². The Morgan fingerprint density at radius 2 is 2.00 bits per heavy atom. The van der Waals surface area contributed by atoms with Crippen LogP contribution in [0.2, 0.25) is 0 Å². The Morgan fingerprint density at radius 1 is 1.33 bits per heavy atom. The number of rotatable bonds is 6. The van der Waals surface area contributed by atoms with Crippen molar-refractivity contribution in [1.29, 1.82) is 0 Å². The van der Waals surface area contributed by atoms with E-state index in [9.17, 15) is 9.90 Å². The Hall–Kier alpha value is -1.04. The average molecular weight is 312 g/mol. The van der Waals surface area contributed by atoms with Crippen molar-refractivity contribution in [2.75, 3.05) is 0 Å². The van der Waals surface area contributed by atoms with Crippen molar-refractivity contribution in [3.63, 3.8) is 0 Å². The molecule has 0 radical (unpaired) electrons. The lowest BCUT2D eigenvalue weighted by Gasteiger charge is -2.26. The van der Waals surface area contributed by atoms with Gasteiger partial charge < -0.3 is 9.63 Å². The predicted molar refractivity (Wildman–Crippen MR) is 82.2 cm³/mol.